The maximum Gasteiger partial charge on any atom is -0.0146 e. The maximum absolute atomic E-state index is 3.47. The van der Waals surface area contributed by atoms with Gasteiger partial charge in [-0.05, 0) is 30.4 Å². The summed E-state index contributed by atoms with van der Waals surface area (Å²) in [6.07, 6.45) is 22.6. The van der Waals surface area contributed by atoms with E-state index in [1.807, 2.05) is 0 Å². The van der Waals surface area contributed by atoms with Crippen LogP contribution in [-0.2, 0) is 0 Å². The van der Waals surface area contributed by atoms with Crippen molar-refractivity contribution in [3.63, 3.8) is 0 Å². The Morgan fingerprint density at radius 3 is 1.68 bits per heavy atom. The Hall–Kier alpha value is -0.780. The summed E-state index contributed by atoms with van der Waals surface area (Å²) in [6, 6.07) is 12.1. The minimum absolute atomic E-state index is 0.740. The Morgan fingerprint density at radius 1 is 0.640 bits per heavy atom. The summed E-state index contributed by atoms with van der Waals surface area (Å²) in [4.78, 5) is 0. The monoisotopic (exact) mass is 343 g/mol. The van der Waals surface area contributed by atoms with E-state index in [0.29, 0.717) is 0 Å². The third-order valence-electron chi connectivity index (χ3n) is 5.49. The first kappa shape index (κ1) is 22.3. The molecule has 0 aliphatic rings. The molecule has 0 heterocycles. The van der Waals surface area contributed by atoms with Crippen LogP contribution in [0.5, 0.6) is 0 Å². The number of hydrogen-bond acceptors (Lipinski definition) is 0. The summed E-state index contributed by atoms with van der Waals surface area (Å²) in [6.45, 7) is 4.60. The van der Waals surface area contributed by atoms with E-state index in [2.05, 4.69) is 44.2 Å². The largest absolute Gasteiger partial charge is 0.0654 e. The molecule has 0 spiro atoms. The Kier molecular flexibility index (Phi) is 14.8. The maximum atomic E-state index is 3.47. The lowest BCUT2D eigenvalue weighted by Crippen LogP contribution is -1.99. The molecule has 1 unspecified atom stereocenters. The number of hydrogen-bond donors (Lipinski definition) is 0. The lowest BCUT2D eigenvalue weighted by atomic mass is 9.88. The van der Waals surface area contributed by atoms with Crippen molar-refractivity contribution in [2.75, 3.05) is 0 Å². The van der Waals surface area contributed by atoms with Crippen LogP contribution >= 0.6 is 0 Å². The quantitative estimate of drug-likeness (QED) is 0.248. The van der Waals surface area contributed by atoms with E-state index < -0.39 is 0 Å². The molecule has 25 heavy (non-hydrogen) atoms. The fraction of sp³-hybridized carbons (Fsp3) is 0.760. The van der Waals surface area contributed by atoms with Crippen LogP contribution in [0.25, 0.3) is 0 Å². The predicted octanol–water partition coefficient (Wildman–Crippen LogP) is 8.85. The van der Waals surface area contributed by atoms with Crippen molar-refractivity contribution < 1.29 is 0 Å². The zero-order valence-electron chi connectivity index (χ0n) is 17.2. The summed E-state index contributed by atoms with van der Waals surface area (Å²) < 4.78 is 0. The zero-order valence-corrected chi connectivity index (χ0v) is 17.2. The Balaban J connectivity index is 2.01. The van der Waals surface area contributed by atoms with Gasteiger partial charge >= 0.3 is 0 Å². The highest BCUT2D eigenvalue weighted by atomic mass is 14.1. The van der Waals surface area contributed by atoms with Gasteiger partial charge in [-0.1, -0.05) is 128 Å². The molecule has 1 atom stereocenters. The van der Waals surface area contributed by atoms with Crippen LogP contribution in [0.1, 0.15) is 128 Å². The van der Waals surface area contributed by atoms with Crippen LogP contribution in [0.2, 0.25) is 0 Å². The number of rotatable bonds is 17. The molecule has 0 fully saturated rings. The Labute approximate surface area is 158 Å². The van der Waals surface area contributed by atoms with Crippen LogP contribution in [0.15, 0.2) is 24.3 Å². The van der Waals surface area contributed by atoms with Gasteiger partial charge in [-0.25, -0.2) is 0 Å². The van der Waals surface area contributed by atoms with Gasteiger partial charge in [0.05, 0.1) is 0 Å². The Bertz CT molecular complexity index is 367. The SMILES string of the molecule is CCCCCCCCCCCCCCC(CCCC)c1[c]cccc1. The van der Waals surface area contributed by atoms with Crippen molar-refractivity contribution in [1.29, 1.82) is 0 Å². The summed E-state index contributed by atoms with van der Waals surface area (Å²) in [5.41, 5.74) is 1.44. The second-order valence-corrected chi connectivity index (χ2v) is 7.83. The van der Waals surface area contributed by atoms with Crippen LogP contribution < -0.4 is 0 Å². The molecule has 1 rings (SSSR count). The van der Waals surface area contributed by atoms with E-state index in [-0.39, 0.29) is 0 Å². The van der Waals surface area contributed by atoms with Crippen molar-refractivity contribution in [3.05, 3.63) is 35.9 Å². The molecule has 0 nitrogen and oxygen atoms in total. The molecule has 0 saturated heterocycles. The fourth-order valence-corrected chi connectivity index (χ4v) is 3.80. The van der Waals surface area contributed by atoms with E-state index in [1.54, 1.807) is 0 Å². The second-order valence-electron chi connectivity index (χ2n) is 7.83. The van der Waals surface area contributed by atoms with Gasteiger partial charge in [-0.15, -0.1) is 0 Å². The normalized spacial score (nSPS) is 12.4. The summed E-state index contributed by atoms with van der Waals surface area (Å²) >= 11 is 0. The van der Waals surface area contributed by atoms with Gasteiger partial charge in [-0.2, -0.15) is 0 Å². The molecule has 0 heteroatoms. The zero-order chi connectivity index (χ0) is 18.0. The highest BCUT2D eigenvalue weighted by Crippen LogP contribution is 2.27. The van der Waals surface area contributed by atoms with Crippen molar-refractivity contribution in [2.24, 2.45) is 0 Å². The van der Waals surface area contributed by atoms with Crippen LogP contribution in [0, 0.1) is 6.07 Å². The lowest BCUT2D eigenvalue weighted by molar-refractivity contribution is 0.495. The topological polar surface area (TPSA) is 0 Å². The van der Waals surface area contributed by atoms with Crippen molar-refractivity contribution in [3.8, 4) is 0 Å². The Morgan fingerprint density at radius 2 is 1.16 bits per heavy atom. The average Bonchev–Trinajstić information content (AvgIpc) is 2.65. The second kappa shape index (κ2) is 16.7. The van der Waals surface area contributed by atoms with E-state index in [9.17, 15) is 0 Å². The molecule has 0 aliphatic carbocycles. The molecule has 0 bridgehead atoms. The van der Waals surface area contributed by atoms with E-state index >= 15 is 0 Å². The van der Waals surface area contributed by atoms with Crippen molar-refractivity contribution >= 4 is 0 Å². The van der Waals surface area contributed by atoms with Gasteiger partial charge in [0.25, 0.3) is 0 Å². The average molecular weight is 344 g/mol. The van der Waals surface area contributed by atoms with Crippen molar-refractivity contribution in [1.82, 2.24) is 0 Å². The third-order valence-corrected chi connectivity index (χ3v) is 5.49. The summed E-state index contributed by atoms with van der Waals surface area (Å²) in [7, 11) is 0. The number of benzene rings is 1. The third kappa shape index (κ3) is 12.2. The first-order chi connectivity index (χ1) is 12.4. The lowest BCUT2D eigenvalue weighted by Gasteiger charge is -2.16. The summed E-state index contributed by atoms with van der Waals surface area (Å²) in [5, 5.41) is 0. The van der Waals surface area contributed by atoms with Crippen LogP contribution in [-0.4, -0.2) is 0 Å². The molecule has 143 valence electrons. The standard InChI is InChI=1S/C25H43/c1-3-5-7-8-9-10-11-12-13-14-15-17-21-24(20-6-4-2)25-22-18-16-19-23-25/h16,18-19,22,24H,3-15,17,20-21H2,1-2H3. The highest BCUT2D eigenvalue weighted by molar-refractivity contribution is 5.17. The predicted molar refractivity (Wildman–Crippen MR) is 113 cm³/mol. The molecule has 0 saturated carbocycles. The van der Waals surface area contributed by atoms with Crippen LogP contribution in [0.3, 0.4) is 0 Å². The van der Waals surface area contributed by atoms with Gasteiger partial charge in [0.2, 0.25) is 0 Å². The van der Waals surface area contributed by atoms with E-state index in [1.165, 1.54) is 108 Å². The molecule has 0 aromatic heterocycles. The molecular weight excluding hydrogens is 300 g/mol. The molecule has 1 aromatic carbocycles. The summed E-state index contributed by atoms with van der Waals surface area (Å²) in [5.74, 6) is 0.740. The highest BCUT2D eigenvalue weighted by Gasteiger charge is 2.10. The molecule has 0 amide bonds. The molecule has 1 radical (unpaired) electrons. The minimum Gasteiger partial charge on any atom is -0.0654 e. The molecule has 1 aromatic rings. The van der Waals surface area contributed by atoms with Crippen molar-refractivity contribution in [2.45, 2.75) is 122 Å². The molecular formula is C25H43. The van der Waals surface area contributed by atoms with Gasteiger partial charge in [0.1, 0.15) is 0 Å². The van der Waals surface area contributed by atoms with Gasteiger partial charge in [-0.3, -0.25) is 0 Å². The van der Waals surface area contributed by atoms with Gasteiger partial charge in [0, 0.05) is 0 Å². The van der Waals surface area contributed by atoms with Gasteiger partial charge in [0.15, 0.2) is 0 Å². The first-order valence-electron chi connectivity index (χ1n) is 11.3. The fourth-order valence-electron chi connectivity index (χ4n) is 3.80. The smallest absolute Gasteiger partial charge is 0.0146 e. The first-order valence-corrected chi connectivity index (χ1v) is 11.3. The minimum atomic E-state index is 0.740. The van der Waals surface area contributed by atoms with E-state index in [4.69, 9.17) is 0 Å². The molecule has 0 aliphatic heterocycles. The van der Waals surface area contributed by atoms with E-state index in [0.717, 1.165) is 5.92 Å². The van der Waals surface area contributed by atoms with Crippen LogP contribution in [0.4, 0.5) is 0 Å². The number of unbranched alkanes of at least 4 members (excludes halogenated alkanes) is 12. The molecule has 0 N–H and O–H groups in total. The van der Waals surface area contributed by atoms with Gasteiger partial charge < -0.3 is 0 Å².